The molecule has 1 aromatic rings. The molecule has 0 aliphatic carbocycles. The van der Waals surface area contributed by atoms with E-state index in [4.69, 9.17) is 5.11 Å². The molecular weight excluding hydrogens is 236 g/mol. The van der Waals surface area contributed by atoms with Gasteiger partial charge in [0.25, 0.3) is 0 Å². The third kappa shape index (κ3) is 4.30. The highest BCUT2D eigenvalue weighted by molar-refractivity contribution is 5.21. The molecule has 1 heterocycles. The van der Waals surface area contributed by atoms with Gasteiger partial charge in [0.2, 0.25) is 0 Å². The van der Waals surface area contributed by atoms with Crippen molar-refractivity contribution >= 4 is 0 Å². The number of aliphatic hydroxyl groups is 1. The smallest absolute Gasteiger partial charge is 0.0681 e. The Balaban J connectivity index is 1.80. The van der Waals surface area contributed by atoms with Crippen LogP contribution >= 0.6 is 0 Å². The average molecular weight is 262 g/mol. The molecule has 2 rings (SSSR count). The fraction of sp³-hybridized carbons (Fsp3) is 0.625. The van der Waals surface area contributed by atoms with Crippen LogP contribution in [0.15, 0.2) is 24.3 Å². The largest absolute Gasteiger partial charge is 0.392 e. The normalized spacial score (nSPS) is 22.4. The zero-order valence-corrected chi connectivity index (χ0v) is 12.1. The summed E-state index contributed by atoms with van der Waals surface area (Å²) in [7, 11) is 2.21. The van der Waals surface area contributed by atoms with Crippen molar-refractivity contribution in [2.75, 3.05) is 20.1 Å². The van der Waals surface area contributed by atoms with Crippen molar-refractivity contribution in [1.29, 1.82) is 0 Å². The van der Waals surface area contributed by atoms with E-state index < -0.39 is 0 Å². The average Bonchev–Trinajstić information content (AvgIpc) is 2.45. The van der Waals surface area contributed by atoms with Crippen molar-refractivity contribution in [2.45, 2.75) is 39.0 Å². The minimum absolute atomic E-state index is 0.124. The lowest BCUT2D eigenvalue weighted by atomic mass is 9.92. The molecule has 2 N–H and O–H groups in total. The zero-order valence-electron chi connectivity index (χ0n) is 12.1. The van der Waals surface area contributed by atoms with Gasteiger partial charge in [0, 0.05) is 19.1 Å². The Morgan fingerprint density at radius 3 is 2.63 bits per heavy atom. The van der Waals surface area contributed by atoms with Crippen LogP contribution < -0.4 is 5.32 Å². The molecule has 2 unspecified atom stereocenters. The molecule has 0 radical (unpaired) electrons. The van der Waals surface area contributed by atoms with Gasteiger partial charge in [-0.2, -0.15) is 0 Å². The first-order chi connectivity index (χ1) is 9.19. The predicted octanol–water partition coefficient (Wildman–Crippen LogP) is 2.00. The van der Waals surface area contributed by atoms with E-state index in [0.717, 1.165) is 18.0 Å². The Morgan fingerprint density at radius 2 is 2.00 bits per heavy atom. The first-order valence-electron chi connectivity index (χ1n) is 7.29. The molecule has 2 atom stereocenters. The van der Waals surface area contributed by atoms with Gasteiger partial charge in [-0.1, -0.05) is 24.3 Å². The number of hydrogen-bond donors (Lipinski definition) is 2. The molecule has 1 aliphatic heterocycles. The Kier molecular flexibility index (Phi) is 5.37. The Bertz CT molecular complexity index is 377. The van der Waals surface area contributed by atoms with Crippen molar-refractivity contribution in [3.63, 3.8) is 0 Å². The molecule has 1 aliphatic rings. The summed E-state index contributed by atoms with van der Waals surface area (Å²) in [6.45, 7) is 5.78. The van der Waals surface area contributed by atoms with Crippen LogP contribution in [0.1, 0.15) is 30.9 Å². The van der Waals surface area contributed by atoms with E-state index >= 15 is 0 Å². The number of nitrogens with one attached hydrogen (secondary N) is 1. The van der Waals surface area contributed by atoms with Crippen molar-refractivity contribution in [3.8, 4) is 0 Å². The Labute approximate surface area is 116 Å². The minimum Gasteiger partial charge on any atom is -0.392 e. The van der Waals surface area contributed by atoms with E-state index in [-0.39, 0.29) is 6.61 Å². The van der Waals surface area contributed by atoms with Crippen LogP contribution in [0.25, 0.3) is 0 Å². The number of rotatable bonds is 5. The van der Waals surface area contributed by atoms with Crippen LogP contribution in [0.5, 0.6) is 0 Å². The number of likely N-dealkylation sites (tertiary alicyclic amines) is 1. The quantitative estimate of drug-likeness (QED) is 0.852. The highest BCUT2D eigenvalue weighted by atomic mass is 16.3. The lowest BCUT2D eigenvalue weighted by Gasteiger charge is -2.34. The topological polar surface area (TPSA) is 35.5 Å². The van der Waals surface area contributed by atoms with Gasteiger partial charge < -0.3 is 15.3 Å². The summed E-state index contributed by atoms with van der Waals surface area (Å²) in [6, 6.07) is 8.74. The number of aliphatic hydroxyl groups excluding tert-OH is 1. The van der Waals surface area contributed by atoms with E-state index in [2.05, 4.69) is 36.3 Å². The maximum absolute atomic E-state index is 9.02. The lowest BCUT2D eigenvalue weighted by molar-refractivity contribution is 0.178. The third-order valence-corrected chi connectivity index (χ3v) is 4.20. The van der Waals surface area contributed by atoms with Crippen molar-refractivity contribution < 1.29 is 5.11 Å². The van der Waals surface area contributed by atoms with Gasteiger partial charge in [0.15, 0.2) is 0 Å². The number of hydrogen-bond acceptors (Lipinski definition) is 3. The van der Waals surface area contributed by atoms with E-state index in [1.54, 1.807) is 0 Å². The summed E-state index contributed by atoms with van der Waals surface area (Å²) in [4.78, 5) is 2.43. The summed E-state index contributed by atoms with van der Waals surface area (Å²) < 4.78 is 0. The predicted molar refractivity (Wildman–Crippen MR) is 78.9 cm³/mol. The van der Waals surface area contributed by atoms with Crippen molar-refractivity contribution in [1.82, 2.24) is 10.2 Å². The molecule has 1 aromatic carbocycles. The second-order valence-electron chi connectivity index (χ2n) is 5.81. The highest BCUT2D eigenvalue weighted by Crippen LogP contribution is 2.18. The van der Waals surface area contributed by atoms with Gasteiger partial charge in [-0.3, -0.25) is 0 Å². The molecule has 0 saturated carbocycles. The Morgan fingerprint density at radius 1 is 1.32 bits per heavy atom. The molecule has 3 nitrogen and oxygen atoms in total. The lowest BCUT2D eigenvalue weighted by Crippen LogP contribution is -2.42. The van der Waals surface area contributed by atoms with E-state index in [1.165, 1.54) is 31.5 Å². The standard InChI is InChI=1S/C16H26N2O/c1-13(16-4-3-9-18(2)11-16)17-10-14-5-7-15(12-19)8-6-14/h5-8,13,16-17,19H,3-4,9-12H2,1-2H3. The first kappa shape index (κ1) is 14.5. The van der Waals surface area contributed by atoms with Crippen LogP contribution in [0, 0.1) is 5.92 Å². The summed E-state index contributed by atoms with van der Waals surface area (Å²) in [5.74, 6) is 0.760. The molecule has 1 fully saturated rings. The molecule has 3 heteroatoms. The third-order valence-electron chi connectivity index (χ3n) is 4.20. The van der Waals surface area contributed by atoms with Crippen LogP contribution in [-0.4, -0.2) is 36.2 Å². The zero-order chi connectivity index (χ0) is 13.7. The van der Waals surface area contributed by atoms with Crippen LogP contribution in [0.3, 0.4) is 0 Å². The molecule has 19 heavy (non-hydrogen) atoms. The van der Waals surface area contributed by atoms with Gasteiger partial charge >= 0.3 is 0 Å². The van der Waals surface area contributed by atoms with Crippen LogP contribution in [0.2, 0.25) is 0 Å². The highest BCUT2D eigenvalue weighted by Gasteiger charge is 2.22. The number of nitrogens with zero attached hydrogens (tertiary/aromatic N) is 1. The second kappa shape index (κ2) is 7.04. The monoisotopic (exact) mass is 262 g/mol. The van der Waals surface area contributed by atoms with E-state index in [1.807, 2.05) is 12.1 Å². The van der Waals surface area contributed by atoms with Gasteiger partial charge in [-0.15, -0.1) is 0 Å². The maximum atomic E-state index is 9.02. The van der Waals surface area contributed by atoms with E-state index in [0.29, 0.717) is 6.04 Å². The van der Waals surface area contributed by atoms with Crippen molar-refractivity contribution in [3.05, 3.63) is 35.4 Å². The summed E-state index contributed by atoms with van der Waals surface area (Å²) in [6.07, 6.45) is 2.65. The Hall–Kier alpha value is -0.900. The summed E-state index contributed by atoms with van der Waals surface area (Å²) in [5, 5.41) is 12.7. The molecule has 0 spiro atoms. The SMILES string of the molecule is CC(NCc1ccc(CO)cc1)C1CCCN(C)C1. The molecule has 0 bridgehead atoms. The molecule has 0 amide bonds. The van der Waals surface area contributed by atoms with E-state index in [9.17, 15) is 0 Å². The first-order valence-corrected chi connectivity index (χ1v) is 7.29. The van der Waals surface area contributed by atoms with Crippen LogP contribution in [0.4, 0.5) is 0 Å². The van der Waals surface area contributed by atoms with Gasteiger partial charge in [-0.25, -0.2) is 0 Å². The number of benzene rings is 1. The van der Waals surface area contributed by atoms with Crippen LogP contribution in [-0.2, 0) is 13.2 Å². The fourth-order valence-corrected chi connectivity index (χ4v) is 2.82. The van der Waals surface area contributed by atoms with Gasteiger partial charge in [0.05, 0.1) is 6.61 Å². The fourth-order valence-electron chi connectivity index (χ4n) is 2.82. The molecule has 1 saturated heterocycles. The van der Waals surface area contributed by atoms with Gasteiger partial charge in [-0.05, 0) is 50.4 Å². The maximum Gasteiger partial charge on any atom is 0.0681 e. The molecular formula is C16H26N2O. The van der Waals surface area contributed by atoms with Crippen molar-refractivity contribution in [2.24, 2.45) is 5.92 Å². The summed E-state index contributed by atoms with van der Waals surface area (Å²) >= 11 is 0. The summed E-state index contributed by atoms with van der Waals surface area (Å²) in [5.41, 5.74) is 2.26. The van der Waals surface area contributed by atoms with Gasteiger partial charge in [0.1, 0.15) is 0 Å². The molecule has 106 valence electrons. The minimum atomic E-state index is 0.124. The second-order valence-corrected chi connectivity index (χ2v) is 5.81. The molecule has 0 aromatic heterocycles. The number of piperidine rings is 1.